The summed E-state index contributed by atoms with van der Waals surface area (Å²) in [6, 6.07) is 2.10. The van der Waals surface area contributed by atoms with Gasteiger partial charge in [-0.15, -0.1) is 0 Å². The van der Waals surface area contributed by atoms with Crippen LogP contribution < -0.4 is 5.32 Å². The van der Waals surface area contributed by atoms with Gasteiger partial charge in [0.1, 0.15) is 0 Å². The summed E-state index contributed by atoms with van der Waals surface area (Å²) in [5.74, 6) is 0. The fraction of sp³-hybridized carbons (Fsp3) is 0.917. The zero-order chi connectivity index (χ0) is 11.5. The third-order valence-electron chi connectivity index (χ3n) is 2.84. The molecule has 0 aromatic carbocycles. The maximum Gasteiger partial charge on any atom is 0.0635 e. The van der Waals surface area contributed by atoms with Crippen molar-refractivity contribution in [1.82, 2.24) is 10.2 Å². The van der Waals surface area contributed by atoms with Crippen LogP contribution in [0.2, 0.25) is 0 Å². The first kappa shape index (κ1) is 13.4. The van der Waals surface area contributed by atoms with E-state index in [1.807, 2.05) is 0 Å². The zero-order valence-electron chi connectivity index (χ0n) is 10.1. The molecule has 0 atom stereocenters. The average molecular weight is 225 g/mol. The Balaban J connectivity index is 1.79. The number of rotatable bonds is 8. The molecular formula is C12H23N3O. The first-order valence-corrected chi connectivity index (χ1v) is 6.31. The minimum absolute atomic E-state index is 0.577. The molecule has 4 nitrogen and oxygen atoms in total. The van der Waals surface area contributed by atoms with E-state index < -0.39 is 0 Å². The first-order valence-electron chi connectivity index (χ1n) is 6.31. The minimum Gasteiger partial charge on any atom is -0.379 e. The van der Waals surface area contributed by atoms with Gasteiger partial charge in [0.2, 0.25) is 0 Å². The Morgan fingerprint density at radius 1 is 1.12 bits per heavy atom. The molecule has 1 N–H and O–H groups in total. The fourth-order valence-electron chi connectivity index (χ4n) is 1.89. The van der Waals surface area contributed by atoms with E-state index in [0.717, 1.165) is 32.8 Å². The first-order chi connectivity index (χ1) is 7.93. The monoisotopic (exact) mass is 225 g/mol. The quantitative estimate of drug-likeness (QED) is 0.626. The van der Waals surface area contributed by atoms with E-state index in [-0.39, 0.29) is 0 Å². The van der Waals surface area contributed by atoms with E-state index in [0.29, 0.717) is 6.42 Å². The van der Waals surface area contributed by atoms with Gasteiger partial charge in [0, 0.05) is 26.1 Å². The van der Waals surface area contributed by atoms with E-state index in [1.54, 1.807) is 0 Å². The lowest BCUT2D eigenvalue weighted by Crippen LogP contribution is -2.33. The van der Waals surface area contributed by atoms with Crippen LogP contribution in [-0.2, 0) is 4.74 Å². The van der Waals surface area contributed by atoms with Crippen LogP contribution in [0.15, 0.2) is 0 Å². The smallest absolute Gasteiger partial charge is 0.0635 e. The van der Waals surface area contributed by atoms with Crippen molar-refractivity contribution in [2.24, 2.45) is 0 Å². The number of nitrogens with one attached hydrogen (secondary N) is 1. The maximum absolute atomic E-state index is 8.32. The van der Waals surface area contributed by atoms with Crippen molar-refractivity contribution in [2.75, 3.05) is 45.9 Å². The number of nitriles is 1. The van der Waals surface area contributed by atoms with Crippen LogP contribution in [0.4, 0.5) is 0 Å². The molecule has 4 heteroatoms. The van der Waals surface area contributed by atoms with E-state index in [9.17, 15) is 0 Å². The molecule has 0 amide bonds. The predicted octanol–water partition coefficient (Wildman–Crippen LogP) is 0.992. The van der Waals surface area contributed by atoms with Crippen LogP contribution in [-0.4, -0.2) is 50.8 Å². The highest BCUT2D eigenvalue weighted by atomic mass is 16.5. The SMILES string of the molecule is N#CCCNCCOCCN1CCCCC1. The summed E-state index contributed by atoms with van der Waals surface area (Å²) in [6.45, 7) is 6.75. The largest absolute Gasteiger partial charge is 0.379 e. The molecular weight excluding hydrogens is 202 g/mol. The summed E-state index contributed by atoms with van der Waals surface area (Å²) in [6.07, 6.45) is 4.65. The topological polar surface area (TPSA) is 48.3 Å². The van der Waals surface area contributed by atoms with Gasteiger partial charge in [-0.25, -0.2) is 0 Å². The molecule has 1 rings (SSSR count). The normalized spacial score (nSPS) is 17.2. The summed E-state index contributed by atoms with van der Waals surface area (Å²) in [4.78, 5) is 2.48. The lowest BCUT2D eigenvalue weighted by Gasteiger charge is -2.26. The Kier molecular flexibility index (Phi) is 8.05. The number of nitrogens with zero attached hydrogens (tertiary/aromatic N) is 2. The molecule has 0 unspecified atom stereocenters. The second kappa shape index (κ2) is 9.59. The summed E-state index contributed by atoms with van der Waals surface area (Å²) >= 11 is 0. The molecule has 0 spiro atoms. The number of ether oxygens (including phenoxy) is 1. The molecule has 0 radical (unpaired) electrons. The third kappa shape index (κ3) is 6.78. The highest BCUT2D eigenvalue weighted by Crippen LogP contribution is 2.07. The fourth-order valence-corrected chi connectivity index (χ4v) is 1.89. The van der Waals surface area contributed by atoms with Gasteiger partial charge in [-0.2, -0.15) is 5.26 Å². The Labute approximate surface area is 98.6 Å². The van der Waals surface area contributed by atoms with Gasteiger partial charge < -0.3 is 15.0 Å². The molecule has 0 saturated carbocycles. The van der Waals surface area contributed by atoms with Gasteiger partial charge >= 0.3 is 0 Å². The molecule has 1 saturated heterocycles. The van der Waals surface area contributed by atoms with Gasteiger partial charge in [0.05, 0.1) is 19.3 Å². The standard InChI is InChI=1S/C12H23N3O/c13-5-4-6-14-7-11-16-12-10-15-8-2-1-3-9-15/h14H,1-4,6-12H2. The molecule has 0 aromatic heterocycles. The van der Waals surface area contributed by atoms with E-state index in [1.165, 1.54) is 32.4 Å². The van der Waals surface area contributed by atoms with Crippen LogP contribution in [0.5, 0.6) is 0 Å². The van der Waals surface area contributed by atoms with Crippen molar-refractivity contribution in [3.05, 3.63) is 0 Å². The molecule has 92 valence electrons. The summed E-state index contributed by atoms with van der Waals surface area (Å²) in [7, 11) is 0. The van der Waals surface area contributed by atoms with Crippen molar-refractivity contribution in [3.63, 3.8) is 0 Å². The molecule has 1 aliphatic heterocycles. The van der Waals surface area contributed by atoms with Gasteiger partial charge in [-0.05, 0) is 25.9 Å². The lowest BCUT2D eigenvalue weighted by atomic mass is 10.1. The Bertz CT molecular complexity index is 197. The van der Waals surface area contributed by atoms with Crippen molar-refractivity contribution in [2.45, 2.75) is 25.7 Å². The molecule has 1 aliphatic rings. The second-order valence-corrected chi connectivity index (χ2v) is 4.17. The molecule has 0 aliphatic carbocycles. The highest BCUT2D eigenvalue weighted by Gasteiger charge is 2.08. The lowest BCUT2D eigenvalue weighted by molar-refractivity contribution is 0.0981. The zero-order valence-corrected chi connectivity index (χ0v) is 10.1. The van der Waals surface area contributed by atoms with Gasteiger partial charge in [-0.3, -0.25) is 0 Å². The number of piperidine rings is 1. The summed E-state index contributed by atoms with van der Waals surface area (Å²) in [5, 5.41) is 11.5. The number of likely N-dealkylation sites (tertiary alicyclic amines) is 1. The average Bonchev–Trinajstić information content (AvgIpc) is 2.34. The van der Waals surface area contributed by atoms with E-state index in [4.69, 9.17) is 10.00 Å². The van der Waals surface area contributed by atoms with Gasteiger partial charge in [0.25, 0.3) is 0 Å². The molecule has 0 aromatic rings. The van der Waals surface area contributed by atoms with Crippen LogP contribution >= 0.6 is 0 Å². The van der Waals surface area contributed by atoms with Crippen molar-refractivity contribution >= 4 is 0 Å². The maximum atomic E-state index is 8.32. The minimum atomic E-state index is 0.577. The van der Waals surface area contributed by atoms with E-state index in [2.05, 4.69) is 16.3 Å². The van der Waals surface area contributed by atoms with Crippen molar-refractivity contribution < 1.29 is 4.74 Å². The molecule has 16 heavy (non-hydrogen) atoms. The highest BCUT2D eigenvalue weighted by molar-refractivity contribution is 4.69. The van der Waals surface area contributed by atoms with Gasteiger partial charge in [0.15, 0.2) is 0 Å². The van der Waals surface area contributed by atoms with Crippen LogP contribution in [0.25, 0.3) is 0 Å². The van der Waals surface area contributed by atoms with Gasteiger partial charge in [-0.1, -0.05) is 6.42 Å². The third-order valence-corrected chi connectivity index (χ3v) is 2.84. The van der Waals surface area contributed by atoms with Crippen LogP contribution in [0.3, 0.4) is 0 Å². The van der Waals surface area contributed by atoms with E-state index >= 15 is 0 Å². The Morgan fingerprint density at radius 2 is 1.94 bits per heavy atom. The van der Waals surface area contributed by atoms with Crippen molar-refractivity contribution in [3.8, 4) is 6.07 Å². The van der Waals surface area contributed by atoms with Crippen molar-refractivity contribution in [1.29, 1.82) is 5.26 Å². The number of hydrogen-bond donors (Lipinski definition) is 1. The predicted molar refractivity (Wildman–Crippen MR) is 64.2 cm³/mol. The second-order valence-electron chi connectivity index (χ2n) is 4.17. The molecule has 1 fully saturated rings. The number of hydrogen-bond acceptors (Lipinski definition) is 4. The summed E-state index contributed by atoms with van der Waals surface area (Å²) in [5.41, 5.74) is 0. The Hall–Kier alpha value is -0.630. The molecule has 1 heterocycles. The van der Waals surface area contributed by atoms with Crippen LogP contribution in [0.1, 0.15) is 25.7 Å². The summed E-state index contributed by atoms with van der Waals surface area (Å²) < 4.78 is 5.53. The Morgan fingerprint density at radius 3 is 2.69 bits per heavy atom. The van der Waals surface area contributed by atoms with Crippen LogP contribution in [0, 0.1) is 11.3 Å². The molecule has 0 bridgehead atoms.